The minimum Gasteiger partial charge on any atom is -0.340 e. The van der Waals surface area contributed by atoms with E-state index in [1.807, 2.05) is 39.8 Å². The van der Waals surface area contributed by atoms with Gasteiger partial charge in [0.2, 0.25) is 16.0 Å². The van der Waals surface area contributed by atoms with Gasteiger partial charge in [-0.05, 0) is 69.0 Å². The number of rotatable bonds is 6. The number of benzene rings is 2. The van der Waals surface area contributed by atoms with Crippen molar-refractivity contribution in [3.05, 3.63) is 65.9 Å². The summed E-state index contributed by atoms with van der Waals surface area (Å²) in [5, 5.41) is 6.45. The molecular weight excluding hydrogens is 434 g/mol. The van der Waals surface area contributed by atoms with Crippen LogP contribution in [-0.2, 0) is 15.4 Å². The summed E-state index contributed by atoms with van der Waals surface area (Å²) < 4.78 is 28.0. The zero-order valence-electron chi connectivity index (χ0n) is 20.3. The predicted octanol–water partition coefficient (Wildman–Crippen LogP) is 5.65. The Balaban J connectivity index is 1.81. The van der Waals surface area contributed by atoms with Crippen molar-refractivity contribution in [2.75, 3.05) is 10.6 Å². The van der Waals surface area contributed by atoms with Gasteiger partial charge in [-0.2, -0.15) is 4.98 Å². The van der Waals surface area contributed by atoms with E-state index in [2.05, 4.69) is 58.2 Å². The first-order chi connectivity index (χ1) is 15.2. The molecule has 0 unspecified atom stereocenters. The van der Waals surface area contributed by atoms with Crippen LogP contribution in [0, 0.1) is 6.92 Å². The molecular formula is C25H33N5O2S. The maximum Gasteiger partial charge on any atom is 0.241 e. The van der Waals surface area contributed by atoms with E-state index in [0.717, 1.165) is 11.3 Å². The van der Waals surface area contributed by atoms with Gasteiger partial charge in [0.05, 0.1) is 4.90 Å². The number of nitrogens with one attached hydrogen (secondary N) is 3. The highest BCUT2D eigenvalue weighted by atomic mass is 32.2. The Labute approximate surface area is 197 Å². The van der Waals surface area contributed by atoms with Gasteiger partial charge in [-0.15, -0.1) is 0 Å². The van der Waals surface area contributed by atoms with Gasteiger partial charge in [0.25, 0.3) is 0 Å². The number of aryl methyl sites for hydroxylation is 1. The average molecular weight is 468 g/mol. The molecule has 8 heteroatoms. The Morgan fingerprint density at radius 2 is 1.52 bits per heavy atom. The molecule has 0 aliphatic heterocycles. The summed E-state index contributed by atoms with van der Waals surface area (Å²) in [6, 6.07) is 14.9. The second-order valence-electron chi connectivity index (χ2n) is 10.2. The number of nitrogens with zero attached hydrogens (tertiary/aromatic N) is 2. The third-order valence-electron chi connectivity index (χ3n) is 4.83. The predicted molar refractivity (Wildman–Crippen MR) is 135 cm³/mol. The van der Waals surface area contributed by atoms with E-state index in [9.17, 15) is 8.42 Å². The zero-order chi connectivity index (χ0) is 24.4. The summed E-state index contributed by atoms with van der Waals surface area (Å²) in [6.07, 6.45) is 1.73. The van der Waals surface area contributed by atoms with Crippen LogP contribution in [0.5, 0.6) is 0 Å². The first-order valence-electron chi connectivity index (χ1n) is 10.9. The molecule has 0 amide bonds. The fraction of sp³-hybridized carbons (Fsp3) is 0.360. The van der Waals surface area contributed by atoms with Crippen molar-refractivity contribution in [3.8, 4) is 0 Å². The minimum absolute atomic E-state index is 0.0837. The molecule has 1 heterocycles. The molecule has 33 heavy (non-hydrogen) atoms. The third-order valence-corrected chi connectivity index (χ3v) is 6.58. The molecule has 2 aromatic carbocycles. The monoisotopic (exact) mass is 467 g/mol. The Morgan fingerprint density at radius 1 is 0.848 bits per heavy atom. The maximum absolute atomic E-state index is 12.7. The first kappa shape index (κ1) is 24.7. The maximum atomic E-state index is 12.7. The second-order valence-corrected chi connectivity index (χ2v) is 11.9. The molecule has 176 valence electrons. The molecule has 0 fully saturated rings. The summed E-state index contributed by atoms with van der Waals surface area (Å²) in [5.41, 5.74) is 3.10. The zero-order valence-corrected chi connectivity index (χ0v) is 21.1. The molecule has 0 atom stereocenters. The van der Waals surface area contributed by atoms with Crippen molar-refractivity contribution < 1.29 is 8.42 Å². The van der Waals surface area contributed by atoms with Crippen molar-refractivity contribution in [3.63, 3.8) is 0 Å². The minimum atomic E-state index is -3.64. The molecule has 0 saturated heterocycles. The third kappa shape index (κ3) is 6.76. The standard InChI is InChI=1S/C25H33N5O2S/c1-17-16-26-23(28-19-13-11-18(12-14-19)24(2,3)4)29-22(17)27-20-9-8-10-21(15-20)33(31,32)30-25(5,6)7/h8-16,30H,1-7H3,(H2,26,27,28,29). The Bertz CT molecular complexity index is 1220. The Kier molecular flexibility index (Phi) is 6.81. The molecule has 0 bridgehead atoms. The summed E-state index contributed by atoms with van der Waals surface area (Å²) >= 11 is 0. The van der Waals surface area contributed by atoms with E-state index in [1.54, 1.807) is 30.5 Å². The van der Waals surface area contributed by atoms with E-state index in [-0.39, 0.29) is 10.3 Å². The van der Waals surface area contributed by atoms with Crippen LogP contribution >= 0.6 is 0 Å². The van der Waals surface area contributed by atoms with Crippen LogP contribution in [0.3, 0.4) is 0 Å². The molecule has 1 aromatic heterocycles. The summed E-state index contributed by atoms with van der Waals surface area (Å²) in [6.45, 7) is 13.8. The van der Waals surface area contributed by atoms with Gasteiger partial charge >= 0.3 is 0 Å². The van der Waals surface area contributed by atoms with Crippen molar-refractivity contribution in [1.29, 1.82) is 0 Å². The smallest absolute Gasteiger partial charge is 0.241 e. The van der Waals surface area contributed by atoms with Crippen LogP contribution in [0.25, 0.3) is 0 Å². The van der Waals surface area contributed by atoms with Gasteiger partial charge in [0.15, 0.2) is 0 Å². The van der Waals surface area contributed by atoms with Gasteiger partial charge in [-0.25, -0.2) is 18.1 Å². The van der Waals surface area contributed by atoms with Crippen molar-refractivity contribution >= 4 is 33.2 Å². The fourth-order valence-electron chi connectivity index (χ4n) is 3.15. The molecule has 7 nitrogen and oxygen atoms in total. The van der Waals surface area contributed by atoms with E-state index in [1.165, 1.54) is 5.56 Å². The topological polar surface area (TPSA) is 96.0 Å². The fourth-order valence-corrected chi connectivity index (χ4v) is 4.62. The van der Waals surface area contributed by atoms with Crippen LogP contribution in [0.15, 0.2) is 59.6 Å². The van der Waals surface area contributed by atoms with Crippen LogP contribution in [0.4, 0.5) is 23.1 Å². The van der Waals surface area contributed by atoms with E-state index in [4.69, 9.17) is 0 Å². The molecule has 3 aromatic rings. The number of aromatic nitrogens is 2. The number of hydrogen-bond acceptors (Lipinski definition) is 6. The summed E-state index contributed by atoms with van der Waals surface area (Å²) in [7, 11) is -3.64. The van der Waals surface area contributed by atoms with Crippen molar-refractivity contribution in [2.45, 2.75) is 64.3 Å². The largest absolute Gasteiger partial charge is 0.340 e. The lowest BCUT2D eigenvalue weighted by atomic mass is 9.87. The van der Waals surface area contributed by atoms with Gasteiger partial charge in [0, 0.05) is 28.7 Å². The molecule has 3 rings (SSSR count). The lowest BCUT2D eigenvalue weighted by Gasteiger charge is -2.20. The van der Waals surface area contributed by atoms with E-state index in [0.29, 0.717) is 17.5 Å². The molecule has 0 aliphatic rings. The number of anilines is 4. The molecule has 3 N–H and O–H groups in total. The highest BCUT2D eigenvalue weighted by Crippen LogP contribution is 2.26. The lowest BCUT2D eigenvalue weighted by molar-refractivity contribution is 0.491. The number of sulfonamides is 1. The molecule has 0 aliphatic carbocycles. The molecule has 0 spiro atoms. The van der Waals surface area contributed by atoms with E-state index < -0.39 is 15.6 Å². The summed E-state index contributed by atoms with van der Waals surface area (Å²) in [4.78, 5) is 9.15. The highest BCUT2D eigenvalue weighted by Gasteiger charge is 2.22. The van der Waals surface area contributed by atoms with Crippen LogP contribution in [0.1, 0.15) is 52.7 Å². The number of hydrogen-bond donors (Lipinski definition) is 3. The lowest BCUT2D eigenvalue weighted by Crippen LogP contribution is -2.40. The Morgan fingerprint density at radius 3 is 2.12 bits per heavy atom. The highest BCUT2D eigenvalue weighted by molar-refractivity contribution is 7.89. The van der Waals surface area contributed by atoms with Gasteiger partial charge < -0.3 is 10.6 Å². The average Bonchev–Trinajstić information content (AvgIpc) is 2.69. The van der Waals surface area contributed by atoms with Gasteiger partial charge in [-0.1, -0.05) is 39.0 Å². The van der Waals surface area contributed by atoms with Gasteiger partial charge in [-0.3, -0.25) is 0 Å². The quantitative estimate of drug-likeness (QED) is 0.434. The SMILES string of the molecule is Cc1cnc(Nc2ccc(C(C)(C)C)cc2)nc1Nc1cccc(S(=O)(=O)NC(C)(C)C)c1. The van der Waals surface area contributed by atoms with Crippen LogP contribution in [-0.4, -0.2) is 23.9 Å². The first-order valence-corrected chi connectivity index (χ1v) is 12.3. The molecule has 0 radical (unpaired) electrons. The van der Waals surface area contributed by atoms with E-state index >= 15 is 0 Å². The Hall–Kier alpha value is -2.97. The van der Waals surface area contributed by atoms with Crippen molar-refractivity contribution in [1.82, 2.24) is 14.7 Å². The molecule has 0 saturated carbocycles. The van der Waals surface area contributed by atoms with Crippen molar-refractivity contribution in [2.24, 2.45) is 0 Å². The van der Waals surface area contributed by atoms with Gasteiger partial charge in [0.1, 0.15) is 5.82 Å². The van der Waals surface area contributed by atoms with Crippen LogP contribution < -0.4 is 15.4 Å². The second kappa shape index (κ2) is 9.11. The normalized spacial score (nSPS) is 12.5. The van der Waals surface area contributed by atoms with Crippen LogP contribution in [0.2, 0.25) is 0 Å². The summed E-state index contributed by atoms with van der Waals surface area (Å²) in [5.74, 6) is 1.04.